The Morgan fingerprint density at radius 1 is 0.667 bits per heavy atom. The molecule has 6 nitrogen and oxygen atoms in total. The second-order valence-electron chi connectivity index (χ2n) is 4.55. The van der Waals surface area contributed by atoms with Crippen molar-refractivity contribution in [1.29, 1.82) is 0 Å². The van der Waals surface area contributed by atoms with E-state index < -0.39 is 7.12 Å². The molecule has 0 aliphatic carbocycles. The van der Waals surface area contributed by atoms with Crippen molar-refractivity contribution in [2.75, 3.05) is 28.4 Å². The number of ether oxygens (including phenoxy) is 4. The normalized spacial score (nSPS) is 9.46. The van der Waals surface area contributed by atoms with Gasteiger partial charge < -0.3 is 29.0 Å². The van der Waals surface area contributed by atoms with Crippen LogP contribution in [0.3, 0.4) is 0 Å². The van der Waals surface area contributed by atoms with Gasteiger partial charge in [-0.05, 0) is 29.7 Å². The number of hydrogen-bond acceptors (Lipinski definition) is 6. The quantitative estimate of drug-likeness (QED) is 0.748. The Balaban J connectivity index is 0.000000243. The van der Waals surface area contributed by atoms with E-state index in [4.69, 9.17) is 29.0 Å². The van der Waals surface area contributed by atoms with E-state index in [-0.39, 0.29) is 0 Å². The van der Waals surface area contributed by atoms with Crippen molar-refractivity contribution < 1.29 is 29.0 Å². The number of hydrogen-bond donors (Lipinski definition) is 2. The van der Waals surface area contributed by atoms with Gasteiger partial charge in [0.25, 0.3) is 0 Å². The Bertz CT molecular complexity index is 606. The Morgan fingerprint density at radius 3 is 1.29 bits per heavy atom. The van der Waals surface area contributed by atoms with E-state index in [1.54, 1.807) is 20.3 Å². The standard InChI is InChI=1S/C8H11BO4.C8H9BrO2/c1-12-7-3-6(9(10)11)4-8(5-7)13-2;1-10-7-3-6(9)4-8(5-7)11-2/h3-5,10-11H,1-2H3;3-5H,1-2H3. The van der Waals surface area contributed by atoms with Crippen LogP contribution in [-0.2, 0) is 0 Å². The van der Waals surface area contributed by atoms with Gasteiger partial charge in [0.15, 0.2) is 0 Å². The highest BCUT2D eigenvalue weighted by Crippen LogP contribution is 2.25. The fourth-order valence-corrected chi connectivity index (χ4v) is 2.20. The molecule has 0 bridgehead atoms. The van der Waals surface area contributed by atoms with Gasteiger partial charge in [0.1, 0.15) is 23.0 Å². The SMILES string of the molecule is COc1cc(Br)cc(OC)c1.COc1cc(OC)cc(B(O)O)c1. The van der Waals surface area contributed by atoms with E-state index in [9.17, 15) is 0 Å². The molecule has 2 rings (SSSR count). The van der Waals surface area contributed by atoms with Gasteiger partial charge >= 0.3 is 7.12 Å². The smallest absolute Gasteiger partial charge is 0.488 e. The predicted molar refractivity (Wildman–Crippen MR) is 96.6 cm³/mol. The minimum absolute atomic E-state index is 0.344. The maximum absolute atomic E-state index is 8.91. The highest BCUT2D eigenvalue weighted by atomic mass is 79.9. The van der Waals surface area contributed by atoms with Crippen LogP contribution in [0.2, 0.25) is 0 Å². The van der Waals surface area contributed by atoms with E-state index >= 15 is 0 Å². The van der Waals surface area contributed by atoms with Gasteiger partial charge in [-0.15, -0.1) is 0 Å². The molecule has 0 saturated heterocycles. The van der Waals surface area contributed by atoms with Gasteiger partial charge in [0, 0.05) is 16.6 Å². The van der Waals surface area contributed by atoms with Crippen molar-refractivity contribution in [3.05, 3.63) is 40.9 Å². The minimum Gasteiger partial charge on any atom is -0.497 e. The third kappa shape index (κ3) is 6.31. The predicted octanol–water partition coefficient (Wildman–Crippen LogP) is 1.85. The van der Waals surface area contributed by atoms with E-state index in [2.05, 4.69) is 15.9 Å². The zero-order valence-electron chi connectivity index (χ0n) is 13.9. The molecule has 0 saturated carbocycles. The van der Waals surface area contributed by atoms with Crippen LogP contribution in [0.25, 0.3) is 0 Å². The summed E-state index contributed by atoms with van der Waals surface area (Å²) in [5.41, 5.74) is 0.344. The third-order valence-corrected chi connectivity index (χ3v) is 3.45. The second-order valence-corrected chi connectivity index (χ2v) is 5.47. The van der Waals surface area contributed by atoms with E-state index in [1.807, 2.05) is 18.2 Å². The largest absolute Gasteiger partial charge is 0.497 e. The summed E-state index contributed by atoms with van der Waals surface area (Å²) in [6.45, 7) is 0. The van der Waals surface area contributed by atoms with Gasteiger partial charge in [0.2, 0.25) is 0 Å². The molecule has 0 heterocycles. The average molecular weight is 399 g/mol. The van der Waals surface area contributed by atoms with Gasteiger partial charge in [-0.2, -0.15) is 0 Å². The summed E-state index contributed by atoms with van der Waals surface area (Å²) in [5.74, 6) is 2.64. The molecule has 0 atom stereocenters. The summed E-state index contributed by atoms with van der Waals surface area (Å²) < 4.78 is 20.9. The first kappa shape index (κ1) is 20.2. The van der Waals surface area contributed by atoms with Crippen molar-refractivity contribution >= 4 is 28.5 Å². The highest BCUT2D eigenvalue weighted by molar-refractivity contribution is 9.10. The third-order valence-electron chi connectivity index (χ3n) is 2.99. The topological polar surface area (TPSA) is 77.4 Å². The van der Waals surface area contributed by atoms with E-state index in [0.717, 1.165) is 16.0 Å². The van der Waals surface area contributed by atoms with Gasteiger partial charge in [-0.1, -0.05) is 15.9 Å². The lowest BCUT2D eigenvalue weighted by Crippen LogP contribution is -2.29. The molecule has 130 valence electrons. The van der Waals surface area contributed by atoms with Crippen LogP contribution < -0.4 is 24.4 Å². The minimum atomic E-state index is -1.51. The zero-order valence-corrected chi connectivity index (χ0v) is 15.5. The molecule has 0 amide bonds. The summed E-state index contributed by atoms with van der Waals surface area (Å²) in [7, 11) is 4.75. The van der Waals surface area contributed by atoms with Crippen molar-refractivity contribution in [2.24, 2.45) is 0 Å². The van der Waals surface area contributed by atoms with Crippen LogP contribution in [0.4, 0.5) is 0 Å². The molecule has 0 aliphatic heterocycles. The molecule has 0 unspecified atom stereocenters. The molecule has 8 heteroatoms. The maximum atomic E-state index is 8.91. The maximum Gasteiger partial charge on any atom is 0.488 e. The van der Waals surface area contributed by atoms with Gasteiger partial charge in [0.05, 0.1) is 28.4 Å². The lowest BCUT2D eigenvalue weighted by atomic mass is 9.80. The van der Waals surface area contributed by atoms with Crippen LogP contribution in [0.1, 0.15) is 0 Å². The van der Waals surface area contributed by atoms with Gasteiger partial charge in [-0.25, -0.2) is 0 Å². The van der Waals surface area contributed by atoms with Crippen LogP contribution in [-0.4, -0.2) is 45.6 Å². The summed E-state index contributed by atoms with van der Waals surface area (Å²) in [6.07, 6.45) is 0. The Hall–Kier alpha value is -1.90. The molecule has 2 aromatic carbocycles. The number of halogens is 1. The number of benzene rings is 2. The fraction of sp³-hybridized carbons (Fsp3) is 0.250. The Kier molecular flexibility index (Phi) is 8.46. The van der Waals surface area contributed by atoms with Crippen LogP contribution >= 0.6 is 15.9 Å². The average Bonchev–Trinajstić information content (AvgIpc) is 2.60. The monoisotopic (exact) mass is 398 g/mol. The lowest BCUT2D eigenvalue weighted by molar-refractivity contribution is 0.392. The van der Waals surface area contributed by atoms with Gasteiger partial charge in [-0.3, -0.25) is 0 Å². The summed E-state index contributed by atoms with van der Waals surface area (Å²) in [6, 6.07) is 10.3. The second kappa shape index (κ2) is 10.1. The molecule has 0 fully saturated rings. The van der Waals surface area contributed by atoms with E-state index in [1.165, 1.54) is 26.4 Å². The Morgan fingerprint density at radius 2 is 1.00 bits per heavy atom. The van der Waals surface area contributed by atoms with Crippen molar-refractivity contribution in [2.45, 2.75) is 0 Å². The van der Waals surface area contributed by atoms with Crippen molar-refractivity contribution in [1.82, 2.24) is 0 Å². The fourth-order valence-electron chi connectivity index (χ4n) is 1.75. The van der Waals surface area contributed by atoms with Crippen LogP contribution in [0, 0.1) is 0 Å². The summed E-state index contributed by atoms with van der Waals surface area (Å²) in [5, 5.41) is 17.8. The first-order chi connectivity index (χ1) is 11.4. The molecular formula is C16H20BBrO6. The molecule has 24 heavy (non-hydrogen) atoms. The molecular weight excluding hydrogens is 379 g/mol. The first-order valence-electron chi connectivity index (χ1n) is 6.91. The molecule has 2 N–H and O–H groups in total. The first-order valence-corrected chi connectivity index (χ1v) is 7.70. The molecule has 0 aromatic heterocycles. The van der Waals surface area contributed by atoms with Crippen LogP contribution in [0.5, 0.6) is 23.0 Å². The Labute approximate surface area is 150 Å². The van der Waals surface area contributed by atoms with E-state index in [0.29, 0.717) is 17.0 Å². The molecule has 2 aromatic rings. The lowest BCUT2D eigenvalue weighted by Gasteiger charge is -2.07. The van der Waals surface area contributed by atoms with Crippen molar-refractivity contribution in [3.63, 3.8) is 0 Å². The summed E-state index contributed by atoms with van der Waals surface area (Å²) >= 11 is 3.33. The zero-order chi connectivity index (χ0) is 18.1. The van der Waals surface area contributed by atoms with Crippen LogP contribution in [0.15, 0.2) is 40.9 Å². The van der Waals surface area contributed by atoms with Crippen molar-refractivity contribution in [3.8, 4) is 23.0 Å². The number of rotatable bonds is 5. The number of methoxy groups -OCH3 is 4. The molecule has 0 aliphatic rings. The summed E-state index contributed by atoms with van der Waals surface area (Å²) in [4.78, 5) is 0. The molecule has 0 spiro atoms. The highest BCUT2D eigenvalue weighted by Gasteiger charge is 2.13. The molecule has 0 radical (unpaired) electrons.